The molecule has 0 aliphatic carbocycles. The van der Waals surface area contributed by atoms with E-state index in [1.807, 2.05) is 36.4 Å². The van der Waals surface area contributed by atoms with Crippen LogP contribution >= 0.6 is 0 Å². The summed E-state index contributed by atoms with van der Waals surface area (Å²) in [6, 6.07) is 22.3. The lowest BCUT2D eigenvalue weighted by Crippen LogP contribution is -2.51. The maximum Gasteiger partial charge on any atom is 0.241 e. The van der Waals surface area contributed by atoms with Crippen molar-refractivity contribution >= 4 is 21.8 Å². The largest absolute Gasteiger partial charge is 0.384 e. The number of nitrogens with zero attached hydrogens (tertiary/aromatic N) is 1. The summed E-state index contributed by atoms with van der Waals surface area (Å²) in [6.45, 7) is 1.78. The third kappa shape index (κ3) is 6.86. The normalized spacial score (nSPS) is 15.2. The first-order chi connectivity index (χ1) is 18.3. The van der Waals surface area contributed by atoms with E-state index in [2.05, 4.69) is 4.72 Å². The Balaban J connectivity index is 1.58. The average Bonchev–Trinajstić information content (AvgIpc) is 2.93. The molecule has 1 aliphatic heterocycles. The fourth-order valence-electron chi connectivity index (χ4n) is 4.86. The van der Waals surface area contributed by atoms with Crippen LogP contribution in [0.25, 0.3) is 11.1 Å². The first-order valence-electron chi connectivity index (χ1n) is 12.9. The van der Waals surface area contributed by atoms with Gasteiger partial charge in [-0.05, 0) is 67.0 Å². The van der Waals surface area contributed by atoms with Gasteiger partial charge in [-0.25, -0.2) is 8.42 Å². The fourth-order valence-corrected chi connectivity index (χ4v) is 6.10. The second-order valence-electron chi connectivity index (χ2n) is 9.73. The van der Waals surface area contributed by atoms with Crippen LogP contribution in [0, 0.1) is 11.3 Å². The highest BCUT2D eigenvalue weighted by Gasteiger charge is 2.32. The molecule has 3 aromatic rings. The van der Waals surface area contributed by atoms with Gasteiger partial charge >= 0.3 is 0 Å². The monoisotopic (exact) mass is 533 g/mol. The minimum absolute atomic E-state index is 0.0523. The molecular formula is C29H35N5O3S. The number of sulfonamides is 1. The minimum atomic E-state index is -4.00. The van der Waals surface area contributed by atoms with Crippen molar-refractivity contribution in [3.05, 3.63) is 90.0 Å². The lowest BCUT2D eigenvalue weighted by molar-refractivity contribution is -0.134. The molecule has 3 aromatic carbocycles. The summed E-state index contributed by atoms with van der Waals surface area (Å²) in [5.41, 5.74) is 14.3. The molecule has 0 aromatic heterocycles. The summed E-state index contributed by atoms with van der Waals surface area (Å²) in [6.07, 6.45) is 2.82. The van der Waals surface area contributed by atoms with Crippen LogP contribution in [0.3, 0.4) is 0 Å². The van der Waals surface area contributed by atoms with Crippen LogP contribution < -0.4 is 16.2 Å². The molecule has 1 unspecified atom stereocenters. The van der Waals surface area contributed by atoms with Crippen LogP contribution in [-0.2, 0) is 21.2 Å². The lowest BCUT2D eigenvalue weighted by atomic mass is 9.93. The van der Waals surface area contributed by atoms with Crippen molar-refractivity contribution in [1.82, 2.24) is 9.62 Å². The van der Waals surface area contributed by atoms with Crippen molar-refractivity contribution in [1.29, 1.82) is 5.41 Å². The summed E-state index contributed by atoms with van der Waals surface area (Å²) >= 11 is 0. The first kappa shape index (κ1) is 27.5. The zero-order valence-corrected chi connectivity index (χ0v) is 22.2. The molecule has 38 heavy (non-hydrogen) atoms. The number of nitrogen functional groups attached to an aromatic ring is 1. The van der Waals surface area contributed by atoms with Gasteiger partial charge in [0, 0.05) is 18.7 Å². The van der Waals surface area contributed by atoms with Gasteiger partial charge in [0.25, 0.3) is 0 Å². The number of amidine groups is 1. The van der Waals surface area contributed by atoms with E-state index in [0.717, 1.165) is 36.0 Å². The molecule has 1 fully saturated rings. The summed E-state index contributed by atoms with van der Waals surface area (Å²) in [4.78, 5) is 15.5. The van der Waals surface area contributed by atoms with E-state index >= 15 is 0 Å². The van der Waals surface area contributed by atoms with E-state index < -0.39 is 16.1 Å². The maximum absolute atomic E-state index is 13.7. The topological polar surface area (TPSA) is 142 Å². The van der Waals surface area contributed by atoms with E-state index in [9.17, 15) is 13.2 Å². The van der Waals surface area contributed by atoms with Crippen LogP contribution in [-0.4, -0.2) is 50.7 Å². The van der Waals surface area contributed by atoms with E-state index in [-0.39, 0.29) is 23.1 Å². The van der Waals surface area contributed by atoms with Crippen molar-refractivity contribution in [3.8, 4) is 11.1 Å². The molecule has 0 bridgehead atoms. The van der Waals surface area contributed by atoms with Crippen LogP contribution in [0.15, 0.2) is 83.8 Å². The van der Waals surface area contributed by atoms with Gasteiger partial charge in [-0.3, -0.25) is 10.2 Å². The Bertz CT molecular complexity index is 1350. The number of likely N-dealkylation sites (tertiary alicyclic amines) is 1. The van der Waals surface area contributed by atoms with Gasteiger partial charge in [-0.15, -0.1) is 0 Å². The lowest BCUT2D eigenvalue weighted by Gasteiger charge is -2.34. The summed E-state index contributed by atoms with van der Waals surface area (Å²) in [7, 11) is -4.00. The molecule has 1 aliphatic rings. The Morgan fingerprint density at radius 2 is 1.63 bits per heavy atom. The van der Waals surface area contributed by atoms with E-state index in [4.69, 9.17) is 16.9 Å². The predicted molar refractivity (Wildman–Crippen MR) is 150 cm³/mol. The molecular weight excluding hydrogens is 498 g/mol. The maximum atomic E-state index is 13.7. The van der Waals surface area contributed by atoms with Gasteiger partial charge in [0.15, 0.2) is 0 Å². The van der Waals surface area contributed by atoms with E-state index in [0.29, 0.717) is 31.1 Å². The van der Waals surface area contributed by atoms with Crippen LogP contribution in [0.4, 0.5) is 0 Å². The van der Waals surface area contributed by atoms with Crippen LogP contribution in [0.2, 0.25) is 0 Å². The molecule has 9 heteroatoms. The third-order valence-electron chi connectivity index (χ3n) is 7.05. The smallest absolute Gasteiger partial charge is 0.241 e. The number of hydrogen-bond acceptors (Lipinski definition) is 5. The molecule has 8 nitrogen and oxygen atoms in total. The molecule has 4 rings (SSSR count). The number of carbonyl (C=O) groups excluding carboxylic acids is 1. The Hall–Kier alpha value is -3.53. The van der Waals surface area contributed by atoms with Crippen molar-refractivity contribution < 1.29 is 13.2 Å². The number of carbonyl (C=O) groups is 1. The molecule has 0 saturated carbocycles. The molecule has 1 heterocycles. The minimum Gasteiger partial charge on any atom is -0.384 e. The predicted octanol–water partition coefficient (Wildman–Crippen LogP) is 3.11. The van der Waals surface area contributed by atoms with Gasteiger partial charge in [-0.2, -0.15) is 4.72 Å². The second-order valence-corrected chi connectivity index (χ2v) is 11.4. The highest BCUT2D eigenvalue weighted by Crippen LogP contribution is 2.24. The Morgan fingerprint density at radius 1 is 0.974 bits per heavy atom. The summed E-state index contributed by atoms with van der Waals surface area (Å²) < 4.78 is 29.8. The zero-order chi connectivity index (χ0) is 27.1. The van der Waals surface area contributed by atoms with Crippen LogP contribution in [0.5, 0.6) is 0 Å². The number of nitrogens with two attached hydrogens (primary N) is 2. The molecule has 200 valence electrons. The quantitative estimate of drug-likeness (QED) is 0.234. The van der Waals surface area contributed by atoms with Crippen molar-refractivity contribution in [2.75, 3.05) is 19.6 Å². The molecule has 0 radical (unpaired) electrons. The molecule has 1 atom stereocenters. The van der Waals surface area contributed by atoms with Crippen LogP contribution in [0.1, 0.15) is 30.4 Å². The van der Waals surface area contributed by atoms with Crippen molar-refractivity contribution in [2.24, 2.45) is 17.4 Å². The number of nitrogens with one attached hydrogen (secondary N) is 2. The molecule has 0 spiro atoms. The van der Waals surface area contributed by atoms with E-state index in [1.54, 1.807) is 41.3 Å². The van der Waals surface area contributed by atoms with Gasteiger partial charge < -0.3 is 16.4 Å². The number of benzene rings is 3. The third-order valence-corrected chi connectivity index (χ3v) is 8.52. The van der Waals surface area contributed by atoms with Gasteiger partial charge in [-0.1, -0.05) is 66.7 Å². The average molecular weight is 534 g/mol. The first-order valence-corrected chi connectivity index (χ1v) is 14.3. The SMILES string of the molecule is N=C(N)c1ccc(CC(NS(=O)(=O)c2cccc(-c3ccccc3)c2)C(=O)N2CCC(CCN)CC2)cc1. The Morgan fingerprint density at radius 3 is 2.26 bits per heavy atom. The van der Waals surface area contributed by atoms with Gasteiger partial charge in [0.2, 0.25) is 15.9 Å². The summed E-state index contributed by atoms with van der Waals surface area (Å²) in [5.74, 6) is 0.192. The second kappa shape index (κ2) is 12.3. The summed E-state index contributed by atoms with van der Waals surface area (Å²) in [5, 5.41) is 7.61. The van der Waals surface area contributed by atoms with Gasteiger partial charge in [0.05, 0.1) is 4.90 Å². The Labute approximate surface area is 224 Å². The molecule has 1 saturated heterocycles. The number of piperidine rings is 1. The number of rotatable bonds is 10. The highest BCUT2D eigenvalue weighted by atomic mass is 32.2. The zero-order valence-electron chi connectivity index (χ0n) is 21.3. The highest BCUT2D eigenvalue weighted by molar-refractivity contribution is 7.89. The Kier molecular flexibility index (Phi) is 8.93. The van der Waals surface area contributed by atoms with E-state index in [1.165, 1.54) is 6.07 Å². The standard InChI is InChI=1S/C29H35N5O3S/c30-16-13-21-14-17-34(18-15-21)29(35)27(19-22-9-11-24(12-10-22)28(31)32)33-38(36,37)26-8-4-7-25(20-26)23-5-2-1-3-6-23/h1-12,20-21,27,33H,13-19,30H2,(H3,31,32). The van der Waals surface area contributed by atoms with Crippen molar-refractivity contribution in [2.45, 2.75) is 36.6 Å². The fraction of sp³-hybridized carbons (Fsp3) is 0.310. The van der Waals surface area contributed by atoms with Gasteiger partial charge in [0.1, 0.15) is 11.9 Å². The van der Waals surface area contributed by atoms with Crippen molar-refractivity contribution in [3.63, 3.8) is 0 Å². The number of amides is 1. The molecule has 6 N–H and O–H groups in total. The molecule has 1 amide bonds. The number of hydrogen-bond donors (Lipinski definition) is 4.